The van der Waals surface area contributed by atoms with Crippen LogP contribution in [0.5, 0.6) is 0 Å². The molecule has 140 valence electrons. The Bertz CT molecular complexity index is 817. The summed E-state index contributed by atoms with van der Waals surface area (Å²) >= 11 is 0. The number of benzene rings is 1. The number of nitro benzene ring substituents is 1. The Morgan fingerprint density at radius 1 is 1.42 bits per heavy atom. The molecular weight excluding hydrogens is 366 g/mol. The third-order valence-electron chi connectivity index (χ3n) is 3.76. The molecule has 10 nitrogen and oxygen atoms in total. The molecule has 1 aliphatic rings. The number of nitro groups is 1. The molecule has 2 rings (SSSR count). The van der Waals surface area contributed by atoms with Gasteiger partial charge in [0.15, 0.2) is 0 Å². The largest absolute Gasteiger partial charge is 0.445 e. The van der Waals surface area contributed by atoms with Gasteiger partial charge in [-0.25, -0.2) is 4.79 Å². The molecule has 1 aliphatic heterocycles. The number of carbonyl (C=O) groups is 1. The first-order chi connectivity index (χ1) is 12.2. The highest BCUT2D eigenvalue weighted by Gasteiger charge is 2.38. The van der Waals surface area contributed by atoms with E-state index in [2.05, 4.69) is 0 Å². The van der Waals surface area contributed by atoms with E-state index in [1.165, 1.54) is 29.2 Å². The molecule has 0 radical (unpaired) electrons. The minimum atomic E-state index is -3.68. The Balaban J connectivity index is 1.97. The van der Waals surface area contributed by atoms with E-state index in [-0.39, 0.29) is 31.7 Å². The number of rotatable bonds is 6. The molecule has 0 N–H and O–H groups in total. The first-order valence-corrected chi connectivity index (χ1v) is 9.43. The lowest BCUT2D eigenvalue weighted by atomic mass is 10.1. The van der Waals surface area contributed by atoms with Crippen molar-refractivity contribution >= 4 is 21.9 Å². The molecule has 0 aliphatic carbocycles. The number of nitrogens with zero attached hydrogens (tertiary/aromatic N) is 3. The minimum Gasteiger partial charge on any atom is -0.445 e. The molecule has 2 atom stereocenters. The van der Waals surface area contributed by atoms with Gasteiger partial charge in [0.25, 0.3) is 15.8 Å². The quantitative estimate of drug-likeness (QED) is 0.409. The number of ether oxygens (including phenoxy) is 1. The van der Waals surface area contributed by atoms with Crippen LogP contribution in [0.3, 0.4) is 0 Å². The van der Waals surface area contributed by atoms with Crippen LogP contribution in [0.1, 0.15) is 18.4 Å². The van der Waals surface area contributed by atoms with Crippen molar-refractivity contribution in [2.75, 3.05) is 12.8 Å². The predicted molar refractivity (Wildman–Crippen MR) is 88.3 cm³/mol. The van der Waals surface area contributed by atoms with E-state index < -0.39 is 33.3 Å². The fourth-order valence-corrected chi connectivity index (χ4v) is 3.29. The van der Waals surface area contributed by atoms with Gasteiger partial charge < -0.3 is 9.64 Å². The maximum atomic E-state index is 12.3. The summed E-state index contributed by atoms with van der Waals surface area (Å²) in [5.74, 6) is 0. The molecule has 0 aromatic heterocycles. The molecule has 11 heteroatoms. The van der Waals surface area contributed by atoms with E-state index in [1.807, 2.05) is 6.07 Å². The minimum absolute atomic E-state index is 0.00148. The summed E-state index contributed by atoms with van der Waals surface area (Å²) in [6.07, 6.45) is -0.274. The molecule has 1 amide bonds. The van der Waals surface area contributed by atoms with Crippen LogP contribution >= 0.6 is 0 Å². The van der Waals surface area contributed by atoms with Gasteiger partial charge in [0, 0.05) is 12.1 Å². The van der Waals surface area contributed by atoms with Crippen LogP contribution < -0.4 is 0 Å². The van der Waals surface area contributed by atoms with E-state index in [4.69, 9.17) is 14.2 Å². The Kier molecular flexibility index (Phi) is 6.12. The van der Waals surface area contributed by atoms with Crippen molar-refractivity contribution in [3.8, 4) is 6.07 Å². The van der Waals surface area contributed by atoms with Gasteiger partial charge in [-0.05, 0) is 24.1 Å². The molecular formula is C15H17N3O7S. The van der Waals surface area contributed by atoms with Crippen molar-refractivity contribution in [3.05, 3.63) is 39.9 Å². The fourth-order valence-electron chi connectivity index (χ4n) is 2.65. The van der Waals surface area contributed by atoms with Crippen molar-refractivity contribution in [1.82, 2.24) is 4.90 Å². The number of amides is 1. The molecule has 26 heavy (non-hydrogen) atoms. The number of carbonyl (C=O) groups excluding carboxylic acids is 1. The van der Waals surface area contributed by atoms with Crippen LogP contribution in [0.25, 0.3) is 0 Å². The molecule has 1 aromatic carbocycles. The predicted octanol–water partition coefficient (Wildman–Crippen LogP) is 1.56. The van der Waals surface area contributed by atoms with Gasteiger partial charge in [-0.3, -0.25) is 14.3 Å². The summed E-state index contributed by atoms with van der Waals surface area (Å²) in [7, 11) is -3.68. The summed E-state index contributed by atoms with van der Waals surface area (Å²) in [5.41, 5.74) is 0.485. The van der Waals surface area contributed by atoms with Crippen LogP contribution in [0.2, 0.25) is 0 Å². The lowest BCUT2D eigenvalue weighted by Crippen LogP contribution is -2.36. The summed E-state index contributed by atoms with van der Waals surface area (Å²) in [4.78, 5) is 23.6. The van der Waals surface area contributed by atoms with Crippen LogP contribution in [0.15, 0.2) is 24.3 Å². The average molecular weight is 383 g/mol. The zero-order chi connectivity index (χ0) is 19.3. The molecule has 1 heterocycles. The molecule has 1 aromatic rings. The molecule has 0 unspecified atom stereocenters. The number of hydrogen-bond acceptors (Lipinski definition) is 8. The van der Waals surface area contributed by atoms with Crippen LogP contribution in [-0.4, -0.2) is 49.3 Å². The smallest absolute Gasteiger partial charge is 0.410 e. The molecule has 1 saturated heterocycles. The summed E-state index contributed by atoms with van der Waals surface area (Å²) in [6, 6.07) is 6.98. The van der Waals surface area contributed by atoms with Crippen molar-refractivity contribution in [2.45, 2.75) is 31.6 Å². The summed E-state index contributed by atoms with van der Waals surface area (Å²) in [5, 5.41) is 19.5. The molecule has 0 bridgehead atoms. The topological polar surface area (TPSA) is 140 Å². The second-order valence-electron chi connectivity index (χ2n) is 5.80. The lowest BCUT2D eigenvalue weighted by Gasteiger charge is -2.21. The summed E-state index contributed by atoms with van der Waals surface area (Å²) < 4.78 is 32.6. The standard InChI is InChI=1S/C15H17N3O7S/c1-26(22,23)25-14-8-13(6-7-16)17(9-14)15(19)24-10-11-2-4-12(5-3-11)18(20)21/h2-5,13-14H,6,8-10H2,1H3/t13-,14+/m0/s1. The highest BCUT2D eigenvalue weighted by Crippen LogP contribution is 2.25. The fraction of sp³-hybridized carbons (Fsp3) is 0.467. The van der Waals surface area contributed by atoms with E-state index in [1.54, 1.807) is 0 Å². The maximum Gasteiger partial charge on any atom is 0.410 e. The van der Waals surface area contributed by atoms with Gasteiger partial charge in [-0.1, -0.05) is 0 Å². The van der Waals surface area contributed by atoms with Crippen molar-refractivity contribution in [1.29, 1.82) is 5.26 Å². The van der Waals surface area contributed by atoms with Gasteiger partial charge in [-0.2, -0.15) is 13.7 Å². The number of likely N-dealkylation sites (tertiary alicyclic amines) is 1. The second kappa shape index (κ2) is 8.11. The number of nitriles is 1. The van der Waals surface area contributed by atoms with E-state index >= 15 is 0 Å². The van der Waals surface area contributed by atoms with Gasteiger partial charge in [0.2, 0.25) is 0 Å². The van der Waals surface area contributed by atoms with Crippen LogP contribution in [0, 0.1) is 21.4 Å². The van der Waals surface area contributed by atoms with E-state index in [0.29, 0.717) is 5.56 Å². The summed E-state index contributed by atoms with van der Waals surface area (Å²) in [6.45, 7) is -0.108. The first kappa shape index (κ1) is 19.6. The second-order valence-corrected chi connectivity index (χ2v) is 7.41. The first-order valence-electron chi connectivity index (χ1n) is 7.61. The normalized spacial score (nSPS) is 19.8. The maximum absolute atomic E-state index is 12.3. The molecule has 1 fully saturated rings. The van der Waals surface area contributed by atoms with Crippen molar-refractivity contribution in [3.63, 3.8) is 0 Å². The zero-order valence-electron chi connectivity index (χ0n) is 13.9. The van der Waals surface area contributed by atoms with Gasteiger partial charge >= 0.3 is 6.09 Å². The zero-order valence-corrected chi connectivity index (χ0v) is 14.7. The third kappa shape index (κ3) is 5.40. The third-order valence-corrected chi connectivity index (χ3v) is 4.38. The van der Waals surface area contributed by atoms with Crippen LogP contribution in [0.4, 0.5) is 10.5 Å². The Morgan fingerprint density at radius 2 is 2.08 bits per heavy atom. The van der Waals surface area contributed by atoms with Crippen LogP contribution in [-0.2, 0) is 25.6 Å². The SMILES string of the molecule is CS(=O)(=O)O[C@@H]1C[C@H](CC#N)N(C(=O)OCc2ccc([N+](=O)[O-])cc2)C1. The molecule has 0 saturated carbocycles. The lowest BCUT2D eigenvalue weighted by molar-refractivity contribution is -0.384. The van der Waals surface area contributed by atoms with E-state index in [9.17, 15) is 23.3 Å². The van der Waals surface area contributed by atoms with Gasteiger partial charge in [0.05, 0.1) is 42.4 Å². The van der Waals surface area contributed by atoms with Gasteiger partial charge in [-0.15, -0.1) is 0 Å². The van der Waals surface area contributed by atoms with Crippen molar-refractivity contribution in [2.24, 2.45) is 0 Å². The number of non-ortho nitro benzene ring substituents is 1. The highest BCUT2D eigenvalue weighted by molar-refractivity contribution is 7.86. The highest BCUT2D eigenvalue weighted by atomic mass is 32.2. The Morgan fingerprint density at radius 3 is 2.62 bits per heavy atom. The van der Waals surface area contributed by atoms with Crippen molar-refractivity contribution < 1.29 is 27.1 Å². The number of hydrogen-bond donors (Lipinski definition) is 0. The Labute approximate surface area is 150 Å². The van der Waals surface area contributed by atoms with E-state index in [0.717, 1.165) is 6.26 Å². The van der Waals surface area contributed by atoms with Gasteiger partial charge in [0.1, 0.15) is 6.61 Å². The molecule has 0 spiro atoms. The monoisotopic (exact) mass is 383 g/mol. The Hall–Kier alpha value is -2.71. The average Bonchev–Trinajstić information content (AvgIpc) is 2.94.